The van der Waals surface area contributed by atoms with Crippen molar-refractivity contribution in [3.63, 3.8) is 0 Å². The number of benzene rings is 1. The third-order valence-electron chi connectivity index (χ3n) is 4.88. The largest absolute Gasteiger partial charge is 0.351 e. The van der Waals surface area contributed by atoms with Crippen molar-refractivity contribution >= 4 is 21.8 Å². The fourth-order valence-corrected chi connectivity index (χ4v) is 4.07. The van der Waals surface area contributed by atoms with E-state index in [0.717, 1.165) is 22.4 Å². The molecule has 1 saturated carbocycles. The van der Waals surface area contributed by atoms with Gasteiger partial charge < -0.3 is 10.6 Å². The maximum absolute atomic E-state index is 12.4. The first-order chi connectivity index (χ1) is 10.2. The van der Waals surface area contributed by atoms with Gasteiger partial charge >= 0.3 is 0 Å². The quantitative estimate of drug-likeness (QED) is 0.877. The lowest BCUT2D eigenvalue weighted by Crippen LogP contribution is -2.54. The molecule has 2 aliphatic rings. The Labute approximate surface area is 135 Å². The maximum Gasteiger partial charge on any atom is 0.237 e. The number of hydrogen-bond donors (Lipinski definition) is 2. The molecule has 1 heterocycles. The van der Waals surface area contributed by atoms with Crippen LogP contribution in [0.25, 0.3) is 0 Å². The van der Waals surface area contributed by atoms with Gasteiger partial charge in [-0.05, 0) is 43.2 Å². The fraction of sp³-hybridized carbons (Fsp3) is 0.588. The molecule has 2 N–H and O–H groups in total. The smallest absolute Gasteiger partial charge is 0.237 e. The first-order valence-corrected chi connectivity index (χ1v) is 8.80. The lowest BCUT2D eigenvalue weighted by molar-refractivity contribution is -0.124. The second-order valence-corrected chi connectivity index (χ2v) is 7.11. The Kier molecular flexibility index (Phi) is 4.96. The third kappa shape index (κ3) is 3.67. The molecule has 0 radical (unpaired) electrons. The van der Waals surface area contributed by atoms with Crippen LogP contribution in [0.3, 0.4) is 0 Å². The minimum absolute atomic E-state index is 0.00756. The summed E-state index contributed by atoms with van der Waals surface area (Å²) in [4.78, 5) is 12.4. The molecule has 1 aliphatic heterocycles. The molecular weight excluding hydrogens is 328 g/mol. The average molecular weight is 351 g/mol. The van der Waals surface area contributed by atoms with Gasteiger partial charge in [-0.25, -0.2) is 0 Å². The Balaban J connectivity index is 1.53. The van der Waals surface area contributed by atoms with Crippen LogP contribution in [-0.4, -0.2) is 18.0 Å². The van der Waals surface area contributed by atoms with E-state index in [4.69, 9.17) is 0 Å². The van der Waals surface area contributed by atoms with Crippen molar-refractivity contribution in [1.82, 2.24) is 10.6 Å². The summed E-state index contributed by atoms with van der Waals surface area (Å²) in [5, 5.41) is 6.66. The summed E-state index contributed by atoms with van der Waals surface area (Å²) >= 11 is 3.52. The summed E-state index contributed by atoms with van der Waals surface area (Å²) in [5.74, 6) is 0.945. The molecule has 0 aromatic heterocycles. The highest BCUT2D eigenvalue weighted by Gasteiger charge is 2.34. The van der Waals surface area contributed by atoms with E-state index in [9.17, 15) is 4.79 Å². The van der Waals surface area contributed by atoms with E-state index in [1.165, 1.54) is 32.1 Å². The second-order valence-electron chi connectivity index (χ2n) is 6.26. The molecular formula is C17H23BrN2O. The van der Waals surface area contributed by atoms with Gasteiger partial charge in [-0.2, -0.15) is 0 Å². The third-order valence-corrected chi connectivity index (χ3v) is 5.65. The molecule has 1 aromatic rings. The van der Waals surface area contributed by atoms with Crippen molar-refractivity contribution in [2.24, 2.45) is 5.92 Å². The number of carbonyl (C=O) groups excluding carboxylic acids is 1. The van der Waals surface area contributed by atoms with Crippen LogP contribution in [0, 0.1) is 5.92 Å². The normalized spacial score (nSPS) is 28.7. The Bertz CT molecular complexity index is 505. The van der Waals surface area contributed by atoms with Crippen LogP contribution in [0.4, 0.5) is 0 Å². The summed E-state index contributed by atoms with van der Waals surface area (Å²) in [7, 11) is 0. The number of fused-ring (bicyclic) bond motifs is 1. The van der Waals surface area contributed by atoms with Gasteiger partial charge in [0, 0.05) is 17.1 Å². The molecule has 0 spiro atoms. The number of carbonyl (C=O) groups is 1. The van der Waals surface area contributed by atoms with E-state index >= 15 is 0 Å². The minimum atomic E-state index is -0.00756. The van der Waals surface area contributed by atoms with Gasteiger partial charge in [0.25, 0.3) is 0 Å². The van der Waals surface area contributed by atoms with Gasteiger partial charge in [-0.3, -0.25) is 4.79 Å². The molecule has 3 rings (SSSR count). The van der Waals surface area contributed by atoms with Crippen molar-refractivity contribution in [2.45, 2.75) is 57.2 Å². The Morgan fingerprint density at radius 3 is 2.86 bits per heavy atom. The second kappa shape index (κ2) is 6.93. The van der Waals surface area contributed by atoms with Crippen LogP contribution in [0.1, 0.15) is 44.1 Å². The van der Waals surface area contributed by atoms with Gasteiger partial charge in [-0.1, -0.05) is 47.0 Å². The van der Waals surface area contributed by atoms with E-state index in [2.05, 4.69) is 26.6 Å². The molecule has 1 saturated heterocycles. The van der Waals surface area contributed by atoms with Crippen LogP contribution in [0.15, 0.2) is 28.7 Å². The topological polar surface area (TPSA) is 41.1 Å². The maximum atomic E-state index is 12.4. The number of nitrogens with one attached hydrogen (secondary N) is 2. The van der Waals surface area contributed by atoms with Gasteiger partial charge in [0.1, 0.15) is 0 Å². The summed E-state index contributed by atoms with van der Waals surface area (Å²) in [5.41, 5.74) is 1.12. The van der Waals surface area contributed by atoms with E-state index in [1.54, 1.807) is 0 Å². The summed E-state index contributed by atoms with van der Waals surface area (Å²) in [6.07, 6.45) is 7.41. The monoisotopic (exact) mass is 350 g/mol. The predicted octanol–water partition coefficient (Wildman–Crippen LogP) is 3.38. The van der Waals surface area contributed by atoms with E-state index in [0.29, 0.717) is 12.6 Å². The molecule has 4 heteroatoms. The lowest BCUT2D eigenvalue weighted by atomic mass is 9.77. The zero-order valence-corrected chi connectivity index (χ0v) is 13.9. The summed E-state index contributed by atoms with van der Waals surface area (Å²) in [6, 6.07) is 8.58. The van der Waals surface area contributed by atoms with Crippen LogP contribution >= 0.6 is 15.9 Å². The van der Waals surface area contributed by atoms with Crippen LogP contribution in [0.5, 0.6) is 0 Å². The van der Waals surface area contributed by atoms with Crippen LogP contribution in [0.2, 0.25) is 0 Å². The molecule has 0 bridgehead atoms. The molecule has 3 nitrogen and oxygen atoms in total. The minimum Gasteiger partial charge on any atom is -0.351 e. The molecule has 2 fully saturated rings. The highest BCUT2D eigenvalue weighted by atomic mass is 79.9. The Morgan fingerprint density at radius 1 is 1.19 bits per heavy atom. The molecule has 114 valence electrons. The fourth-order valence-electron chi connectivity index (χ4n) is 3.65. The Hall–Kier alpha value is -0.870. The molecule has 1 aliphatic carbocycles. The lowest BCUT2D eigenvalue weighted by Gasteiger charge is -2.39. The average Bonchev–Trinajstić information content (AvgIpc) is 2.53. The summed E-state index contributed by atoms with van der Waals surface area (Å²) in [6.45, 7) is 0.590. The van der Waals surface area contributed by atoms with Gasteiger partial charge in [0.2, 0.25) is 5.91 Å². The van der Waals surface area contributed by atoms with E-state index < -0.39 is 0 Å². The molecule has 1 amide bonds. The van der Waals surface area contributed by atoms with Crippen molar-refractivity contribution in [3.8, 4) is 0 Å². The Morgan fingerprint density at radius 2 is 2.00 bits per heavy atom. The standard InChI is InChI=1S/C17H23BrN2O/c18-14-7-3-1-6-13(14)11-19-17(21)16-10-9-12-5-2-4-8-15(12)20-16/h1,3,6-7,12,15-16,20H,2,4-5,8-11H2,(H,19,21). The number of hydrogen-bond acceptors (Lipinski definition) is 2. The molecule has 3 unspecified atom stereocenters. The van der Waals surface area contributed by atoms with Gasteiger partial charge in [0.05, 0.1) is 6.04 Å². The number of halogens is 1. The SMILES string of the molecule is O=C(NCc1ccccc1Br)C1CCC2CCCCC2N1. The number of rotatable bonds is 3. The number of amides is 1. The highest BCUT2D eigenvalue weighted by molar-refractivity contribution is 9.10. The first-order valence-electron chi connectivity index (χ1n) is 8.01. The molecule has 3 atom stereocenters. The van der Waals surface area contributed by atoms with Crippen molar-refractivity contribution < 1.29 is 4.79 Å². The van der Waals surface area contributed by atoms with Gasteiger partial charge in [0.15, 0.2) is 0 Å². The zero-order chi connectivity index (χ0) is 14.7. The summed E-state index contributed by atoms with van der Waals surface area (Å²) < 4.78 is 1.05. The molecule has 1 aromatic carbocycles. The van der Waals surface area contributed by atoms with E-state index in [-0.39, 0.29) is 11.9 Å². The van der Waals surface area contributed by atoms with E-state index in [1.807, 2.05) is 24.3 Å². The van der Waals surface area contributed by atoms with Crippen LogP contribution in [-0.2, 0) is 11.3 Å². The van der Waals surface area contributed by atoms with Crippen LogP contribution < -0.4 is 10.6 Å². The molecule has 21 heavy (non-hydrogen) atoms. The first kappa shape index (κ1) is 15.0. The highest BCUT2D eigenvalue weighted by Crippen LogP contribution is 2.32. The predicted molar refractivity (Wildman–Crippen MR) is 87.9 cm³/mol. The van der Waals surface area contributed by atoms with Crippen molar-refractivity contribution in [1.29, 1.82) is 0 Å². The van der Waals surface area contributed by atoms with Gasteiger partial charge in [-0.15, -0.1) is 0 Å². The zero-order valence-electron chi connectivity index (χ0n) is 12.3. The van der Waals surface area contributed by atoms with Crippen molar-refractivity contribution in [2.75, 3.05) is 0 Å². The van der Waals surface area contributed by atoms with Crippen molar-refractivity contribution in [3.05, 3.63) is 34.3 Å². The number of piperidine rings is 1.